The number of hydrogen-bond donors (Lipinski definition) is 0. The Balaban J connectivity index is 2.41. The number of anilines is 1. The average Bonchev–Trinajstić information content (AvgIpc) is 2.78. The minimum atomic E-state index is -4.55. The lowest BCUT2D eigenvalue weighted by atomic mass is 10.1. The molecular formula is C13H13ClF3NO3S. The van der Waals surface area contributed by atoms with E-state index < -0.39 is 39.4 Å². The molecule has 1 amide bonds. The number of alkyl halides is 4. The van der Waals surface area contributed by atoms with Crippen LogP contribution in [0.25, 0.3) is 0 Å². The van der Waals surface area contributed by atoms with Crippen LogP contribution < -0.4 is 4.90 Å². The maximum atomic E-state index is 12.8. The molecule has 1 atom stereocenters. The number of sulfone groups is 1. The molecule has 0 unspecified atom stereocenters. The van der Waals surface area contributed by atoms with Gasteiger partial charge in [-0.05, 0) is 24.6 Å². The molecule has 0 aromatic heterocycles. The second-order valence-corrected chi connectivity index (χ2v) is 7.50. The van der Waals surface area contributed by atoms with Gasteiger partial charge in [-0.3, -0.25) is 4.79 Å². The summed E-state index contributed by atoms with van der Waals surface area (Å²) in [5, 5.41) is 0. The summed E-state index contributed by atoms with van der Waals surface area (Å²) in [5.41, 5.74) is -0.902. The van der Waals surface area contributed by atoms with Crippen LogP contribution in [0.2, 0.25) is 0 Å². The van der Waals surface area contributed by atoms with Crippen molar-refractivity contribution in [2.24, 2.45) is 0 Å². The zero-order valence-electron chi connectivity index (χ0n) is 11.3. The molecule has 0 N–H and O–H groups in total. The van der Waals surface area contributed by atoms with E-state index in [0.717, 1.165) is 17.0 Å². The summed E-state index contributed by atoms with van der Waals surface area (Å²) in [6, 6.07) is 3.54. The molecule has 122 valence electrons. The van der Waals surface area contributed by atoms with Gasteiger partial charge in [-0.15, -0.1) is 11.6 Å². The molecule has 1 aliphatic rings. The highest BCUT2D eigenvalue weighted by Gasteiger charge is 2.36. The highest BCUT2D eigenvalue weighted by atomic mass is 35.5. The Hall–Kier alpha value is -1.28. The summed E-state index contributed by atoms with van der Waals surface area (Å²) in [4.78, 5) is 13.1. The van der Waals surface area contributed by atoms with Crippen molar-refractivity contribution in [3.63, 3.8) is 0 Å². The molecule has 0 aliphatic carbocycles. The number of benzene rings is 1. The topological polar surface area (TPSA) is 54.5 Å². The average molecular weight is 356 g/mol. The smallest absolute Gasteiger partial charge is 0.307 e. The van der Waals surface area contributed by atoms with Crippen molar-refractivity contribution in [2.75, 3.05) is 22.3 Å². The van der Waals surface area contributed by atoms with E-state index in [1.165, 1.54) is 12.1 Å². The number of nitrogens with zero attached hydrogens (tertiary/aromatic N) is 1. The summed E-state index contributed by atoms with van der Waals surface area (Å²) in [7, 11) is -3.29. The van der Waals surface area contributed by atoms with Gasteiger partial charge in [0, 0.05) is 5.69 Å². The fourth-order valence-electron chi connectivity index (χ4n) is 2.43. The maximum Gasteiger partial charge on any atom is 0.416 e. The van der Waals surface area contributed by atoms with Gasteiger partial charge in [-0.1, -0.05) is 6.07 Å². The molecule has 0 spiro atoms. The van der Waals surface area contributed by atoms with Crippen LogP contribution >= 0.6 is 11.6 Å². The van der Waals surface area contributed by atoms with E-state index in [1.807, 2.05) is 0 Å². The fraction of sp³-hybridized carbons (Fsp3) is 0.462. The lowest BCUT2D eigenvalue weighted by Gasteiger charge is -2.28. The lowest BCUT2D eigenvalue weighted by molar-refractivity contribution is -0.137. The van der Waals surface area contributed by atoms with Crippen LogP contribution in [0, 0.1) is 0 Å². The Morgan fingerprint density at radius 2 is 2.05 bits per heavy atom. The minimum absolute atomic E-state index is 0.00238. The van der Waals surface area contributed by atoms with Gasteiger partial charge in [-0.25, -0.2) is 8.42 Å². The van der Waals surface area contributed by atoms with Crippen molar-refractivity contribution >= 4 is 33.0 Å². The van der Waals surface area contributed by atoms with Crippen molar-refractivity contribution in [2.45, 2.75) is 18.6 Å². The Kier molecular flexibility index (Phi) is 4.72. The van der Waals surface area contributed by atoms with E-state index in [2.05, 4.69) is 0 Å². The standard InChI is InChI=1S/C13H13ClF3NO3S/c14-7-12(19)18(11-4-5-22(20,21)8-11)10-3-1-2-9(6-10)13(15,16)17/h1-3,6,11H,4-5,7-8H2/t11-/m0/s1. The molecule has 1 heterocycles. The van der Waals surface area contributed by atoms with E-state index in [-0.39, 0.29) is 23.6 Å². The monoisotopic (exact) mass is 355 g/mol. The Labute approximate surface area is 130 Å². The highest BCUT2D eigenvalue weighted by Crippen LogP contribution is 2.33. The maximum absolute atomic E-state index is 12.8. The van der Waals surface area contributed by atoms with Crippen LogP contribution in [0.1, 0.15) is 12.0 Å². The van der Waals surface area contributed by atoms with Crippen molar-refractivity contribution in [1.29, 1.82) is 0 Å². The predicted octanol–water partition coefficient (Wildman–Crippen LogP) is 2.46. The zero-order chi connectivity index (χ0) is 16.5. The molecule has 2 rings (SSSR count). The Bertz CT molecular complexity index is 675. The van der Waals surface area contributed by atoms with Gasteiger partial charge in [0.15, 0.2) is 9.84 Å². The van der Waals surface area contributed by atoms with E-state index in [0.29, 0.717) is 0 Å². The quantitative estimate of drug-likeness (QED) is 0.783. The molecule has 1 fully saturated rings. The molecule has 4 nitrogen and oxygen atoms in total. The van der Waals surface area contributed by atoms with Crippen LogP contribution in [0.5, 0.6) is 0 Å². The minimum Gasteiger partial charge on any atom is -0.307 e. The van der Waals surface area contributed by atoms with Gasteiger partial charge in [0.05, 0.1) is 23.1 Å². The first-order chi connectivity index (χ1) is 10.1. The van der Waals surface area contributed by atoms with Crippen molar-refractivity contribution in [3.05, 3.63) is 29.8 Å². The molecule has 0 bridgehead atoms. The van der Waals surface area contributed by atoms with Gasteiger partial charge in [0.1, 0.15) is 5.88 Å². The largest absolute Gasteiger partial charge is 0.416 e. The third-order valence-corrected chi connectivity index (χ3v) is 5.39. The number of carbonyl (C=O) groups is 1. The van der Waals surface area contributed by atoms with E-state index >= 15 is 0 Å². The third-order valence-electron chi connectivity index (χ3n) is 3.41. The molecular weight excluding hydrogens is 343 g/mol. The Morgan fingerprint density at radius 1 is 1.36 bits per heavy atom. The summed E-state index contributed by atoms with van der Waals surface area (Å²) in [5.74, 6) is -1.43. The van der Waals surface area contributed by atoms with Crippen LogP contribution in [-0.4, -0.2) is 37.8 Å². The first-order valence-corrected chi connectivity index (χ1v) is 8.75. The number of rotatable bonds is 3. The summed E-state index contributed by atoms with van der Waals surface area (Å²) >= 11 is 5.51. The summed E-state index contributed by atoms with van der Waals surface area (Å²) < 4.78 is 61.5. The number of carbonyl (C=O) groups excluding carboxylic acids is 1. The van der Waals surface area contributed by atoms with Crippen LogP contribution in [-0.2, 0) is 20.8 Å². The number of halogens is 4. The van der Waals surface area contributed by atoms with Crippen molar-refractivity contribution < 1.29 is 26.4 Å². The first-order valence-electron chi connectivity index (χ1n) is 6.40. The van der Waals surface area contributed by atoms with E-state index in [4.69, 9.17) is 11.6 Å². The van der Waals surface area contributed by atoms with E-state index in [1.54, 1.807) is 0 Å². The molecule has 1 aromatic carbocycles. The van der Waals surface area contributed by atoms with Crippen LogP contribution in [0.4, 0.5) is 18.9 Å². The molecule has 1 aromatic rings. The van der Waals surface area contributed by atoms with Crippen molar-refractivity contribution in [3.8, 4) is 0 Å². The Morgan fingerprint density at radius 3 is 2.55 bits per heavy atom. The second-order valence-electron chi connectivity index (χ2n) is 5.00. The van der Waals surface area contributed by atoms with Crippen LogP contribution in [0.15, 0.2) is 24.3 Å². The molecule has 9 heteroatoms. The summed E-state index contributed by atoms with van der Waals surface area (Å²) in [6.45, 7) is 0. The third kappa shape index (κ3) is 3.73. The van der Waals surface area contributed by atoms with Gasteiger partial charge >= 0.3 is 6.18 Å². The van der Waals surface area contributed by atoms with Gasteiger partial charge < -0.3 is 4.90 Å². The van der Waals surface area contributed by atoms with Gasteiger partial charge in [0.2, 0.25) is 5.91 Å². The van der Waals surface area contributed by atoms with Gasteiger partial charge in [0.25, 0.3) is 0 Å². The highest BCUT2D eigenvalue weighted by molar-refractivity contribution is 7.91. The molecule has 0 radical (unpaired) electrons. The second kappa shape index (κ2) is 6.08. The lowest BCUT2D eigenvalue weighted by Crippen LogP contribution is -2.42. The number of hydrogen-bond acceptors (Lipinski definition) is 3. The first kappa shape index (κ1) is 17.1. The van der Waals surface area contributed by atoms with Gasteiger partial charge in [-0.2, -0.15) is 13.2 Å². The van der Waals surface area contributed by atoms with Crippen molar-refractivity contribution in [1.82, 2.24) is 0 Å². The zero-order valence-corrected chi connectivity index (χ0v) is 12.9. The molecule has 1 aliphatic heterocycles. The molecule has 0 saturated carbocycles. The number of amides is 1. The summed E-state index contributed by atoms with van der Waals surface area (Å²) in [6.07, 6.45) is -4.37. The van der Waals surface area contributed by atoms with E-state index in [9.17, 15) is 26.4 Å². The molecule has 1 saturated heterocycles. The molecule has 22 heavy (non-hydrogen) atoms. The normalized spacial score (nSPS) is 20.8. The predicted molar refractivity (Wildman–Crippen MR) is 76.7 cm³/mol. The fourth-order valence-corrected chi connectivity index (χ4v) is 4.26. The SMILES string of the molecule is O=C(CCl)N(c1cccc(C(F)(F)F)c1)[C@H]1CCS(=O)(=O)C1. The van der Waals surface area contributed by atoms with Crippen LogP contribution in [0.3, 0.4) is 0 Å².